The molecule has 1 fully saturated rings. The first-order valence-corrected chi connectivity index (χ1v) is 6.25. The molecule has 0 aliphatic carbocycles. The highest BCUT2D eigenvalue weighted by molar-refractivity contribution is 4.75. The lowest BCUT2D eigenvalue weighted by atomic mass is 10.0. The second kappa shape index (κ2) is 8.08. The summed E-state index contributed by atoms with van der Waals surface area (Å²) in [6.07, 6.45) is 5.07. The first-order chi connectivity index (χ1) is 7.33. The predicted octanol–water partition coefficient (Wildman–Crippen LogP) is 1.96. The smallest absolute Gasteiger partial charge is 0.0704 e. The number of hydrogen-bond donors (Lipinski definition) is 1. The summed E-state index contributed by atoms with van der Waals surface area (Å²) < 4.78 is 11.2. The summed E-state index contributed by atoms with van der Waals surface area (Å²) in [5, 5.41) is 3.42. The summed E-state index contributed by atoms with van der Waals surface area (Å²) in [5.74, 6) is 0. The minimum Gasteiger partial charge on any atom is -0.379 e. The van der Waals surface area contributed by atoms with Crippen LogP contribution in [0.15, 0.2) is 0 Å². The van der Waals surface area contributed by atoms with Gasteiger partial charge in [0.15, 0.2) is 0 Å². The van der Waals surface area contributed by atoms with Crippen LogP contribution >= 0.6 is 0 Å². The van der Waals surface area contributed by atoms with Crippen LogP contribution in [-0.4, -0.2) is 38.5 Å². The van der Waals surface area contributed by atoms with Gasteiger partial charge in [0.25, 0.3) is 0 Å². The molecule has 0 aromatic heterocycles. The molecule has 1 aliphatic rings. The van der Waals surface area contributed by atoms with Gasteiger partial charge in [0, 0.05) is 12.6 Å². The average molecular weight is 215 g/mol. The molecule has 0 radical (unpaired) electrons. The van der Waals surface area contributed by atoms with Gasteiger partial charge in [0.2, 0.25) is 0 Å². The lowest BCUT2D eigenvalue weighted by Crippen LogP contribution is -2.39. The van der Waals surface area contributed by atoms with Gasteiger partial charge in [-0.05, 0) is 32.7 Å². The Balaban J connectivity index is 1.90. The third kappa shape index (κ3) is 6.13. The SMILES string of the molecule is CCCCOCCOC1CCNC(C)C1. The Morgan fingerprint density at radius 1 is 1.27 bits per heavy atom. The van der Waals surface area contributed by atoms with Crippen molar-refractivity contribution in [1.29, 1.82) is 0 Å². The molecule has 0 aromatic carbocycles. The van der Waals surface area contributed by atoms with Crippen LogP contribution in [-0.2, 0) is 9.47 Å². The quantitative estimate of drug-likeness (QED) is 0.659. The molecular formula is C12H25NO2. The van der Waals surface area contributed by atoms with Crippen LogP contribution in [0.25, 0.3) is 0 Å². The maximum atomic E-state index is 5.77. The number of piperidine rings is 1. The van der Waals surface area contributed by atoms with Crippen molar-refractivity contribution in [3.8, 4) is 0 Å². The first-order valence-electron chi connectivity index (χ1n) is 6.25. The lowest BCUT2D eigenvalue weighted by Gasteiger charge is -2.27. The normalized spacial score (nSPS) is 26.8. The lowest BCUT2D eigenvalue weighted by molar-refractivity contribution is -0.0130. The Kier molecular flexibility index (Phi) is 6.98. The molecule has 1 aliphatic heterocycles. The van der Waals surface area contributed by atoms with Crippen molar-refractivity contribution in [2.75, 3.05) is 26.4 Å². The molecule has 0 aromatic rings. The van der Waals surface area contributed by atoms with Gasteiger partial charge in [0.05, 0.1) is 19.3 Å². The van der Waals surface area contributed by atoms with Gasteiger partial charge in [-0.2, -0.15) is 0 Å². The van der Waals surface area contributed by atoms with E-state index in [0.29, 0.717) is 12.1 Å². The van der Waals surface area contributed by atoms with E-state index in [2.05, 4.69) is 19.2 Å². The van der Waals surface area contributed by atoms with Crippen LogP contribution in [0, 0.1) is 0 Å². The molecule has 0 saturated carbocycles. The molecule has 1 heterocycles. The summed E-state index contributed by atoms with van der Waals surface area (Å²) in [6, 6.07) is 0.602. The third-order valence-electron chi connectivity index (χ3n) is 2.80. The van der Waals surface area contributed by atoms with E-state index in [-0.39, 0.29) is 0 Å². The first kappa shape index (κ1) is 12.9. The number of unbranched alkanes of at least 4 members (excludes halogenated alkanes) is 1. The molecule has 1 N–H and O–H groups in total. The Hall–Kier alpha value is -0.120. The summed E-state index contributed by atoms with van der Waals surface area (Å²) in [6.45, 7) is 7.86. The zero-order valence-electron chi connectivity index (χ0n) is 10.1. The number of nitrogens with one attached hydrogen (secondary N) is 1. The monoisotopic (exact) mass is 215 g/mol. The van der Waals surface area contributed by atoms with E-state index in [1.807, 2.05) is 0 Å². The van der Waals surface area contributed by atoms with Gasteiger partial charge < -0.3 is 14.8 Å². The van der Waals surface area contributed by atoms with Crippen molar-refractivity contribution in [1.82, 2.24) is 5.32 Å². The van der Waals surface area contributed by atoms with Gasteiger partial charge in [0.1, 0.15) is 0 Å². The van der Waals surface area contributed by atoms with E-state index >= 15 is 0 Å². The molecule has 1 saturated heterocycles. The zero-order chi connectivity index (χ0) is 10.9. The van der Waals surface area contributed by atoms with Gasteiger partial charge >= 0.3 is 0 Å². The van der Waals surface area contributed by atoms with Gasteiger partial charge in [-0.25, -0.2) is 0 Å². The molecular weight excluding hydrogens is 190 g/mol. The fourth-order valence-electron chi connectivity index (χ4n) is 1.86. The zero-order valence-corrected chi connectivity index (χ0v) is 10.1. The van der Waals surface area contributed by atoms with Gasteiger partial charge in [-0.1, -0.05) is 13.3 Å². The van der Waals surface area contributed by atoms with Gasteiger partial charge in [-0.3, -0.25) is 0 Å². The minimum atomic E-state index is 0.441. The average Bonchev–Trinajstić information content (AvgIpc) is 2.23. The molecule has 1 rings (SSSR count). The largest absolute Gasteiger partial charge is 0.379 e. The van der Waals surface area contributed by atoms with Crippen molar-refractivity contribution in [2.45, 2.75) is 51.7 Å². The highest BCUT2D eigenvalue weighted by Gasteiger charge is 2.18. The molecule has 2 atom stereocenters. The van der Waals surface area contributed by atoms with Crippen LogP contribution in [0.3, 0.4) is 0 Å². The molecule has 2 unspecified atom stereocenters. The molecule has 0 amide bonds. The van der Waals surface area contributed by atoms with E-state index in [1.54, 1.807) is 0 Å². The van der Waals surface area contributed by atoms with Crippen molar-refractivity contribution in [3.05, 3.63) is 0 Å². The summed E-state index contributed by atoms with van der Waals surface area (Å²) >= 11 is 0. The number of ether oxygens (including phenoxy) is 2. The number of rotatable bonds is 7. The van der Waals surface area contributed by atoms with E-state index in [9.17, 15) is 0 Å². The van der Waals surface area contributed by atoms with Crippen molar-refractivity contribution in [2.24, 2.45) is 0 Å². The van der Waals surface area contributed by atoms with Gasteiger partial charge in [-0.15, -0.1) is 0 Å². The molecule has 0 bridgehead atoms. The second-order valence-electron chi connectivity index (χ2n) is 4.34. The fourth-order valence-corrected chi connectivity index (χ4v) is 1.86. The Morgan fingerprint density at radius 2 is 2.13 bits per heavy atom. The molecule has 90 valence electrons. The summed E-state index contributed by atoms with van der Waals surface area (Å²) in [7, 11) is 0. The van der Waals surface area contributed by atoms with Crippen LogP contribution in [0.5, 0.6) is 0 Å². The van der Waals surface area contributed by atoms with Crippen molar-refractivity contribution < 1.29 is 9.47 Å². The molecule has 3 heteroatoms. The van der Waals surface area contributed by atoms with E-state index in [4.69, 9.17) is 9.47 Å². The predicted molar refractivity (Wildman–Crippen MR) is 62.2 cm³/mol. The number of hydrogen-bond acceptors (Lipinski definition) is 3. The third-order valence-corrected chi connectivity index (χ3v) is 2.80. The summed E-state index contributed by atoms with van der Waals surface area (Å²) in [4.78, 5) is 0. The molecule has 15 heavy (non-hydrogen) atoms. The van der Waals surface area contributed by atoms with Crippen molar-refractivity contribution >= 4 is 0 Å². The molecule has 0 spiro atoms. The van der Waals surface area contributed by atoms with Crippen molar-refractivity contribution in [3.63, 3.8) is 0 Å². The highest BCUT2D eigenvalue weighted by atomic mass is 16.5. The second-order valence-corrected chi connectivity index (χ2v) is 4.34. The Morgan fingerprint density at radius 3 is 2.87 bits per heavy atom. The van der Waals surface area contributed by atoms with E-state index in [0.717, 1.165) is 45.6 Å². The topological polar surface area (TPSA) is 30.5 Å². The standard InChI is InChI=1S/C12H25NO2/c1-3-4-7-14-8-9-15-12-5-6-13-11(2)10-12/h11-13H,3-10H2,1-2H3. The minimum absolute atomic E-state index is 0.441. The fraction of sp³-hybridized carbons (Fsp3) is 1.00. The van der Waals surface area contributed by atoms with E-state index < -0.39 is 0 Å². The molecule has 3 nitrogen and oxygen atoms in total. The highest BCUT2D eigenvalue weighted by Crippen LogP contribution is 2.11. The van der Waals surface area contributed by atoms with Crippen LogP contribution in [0.1, 0.15) is 39.5 Å². The Bertz CT molecular complexity index is 153. The summed E-state index contributed by atoms with van der Waals surface area (Å²) in [5.41, 5.74) is 0. The van der Waals surface area contributed by atoms with Crippen LogP contribution < -0.4 is 5.32 Å². The van der Waals surface area contributed by atoms with Crippen LogP contribution in [0.2, 0.25) is 0 Å². The Labute approximate surface area is 93.5 Å². The van der Waals surface area contributed by atoms with Crippen LogP contribution in [0.4, 0.5) is 0 Å². The maximum absolute atomic E-state index is 5.77. The maximum Gasteiger partial charge on any atom is 0.0704 e. The van der Waals surface area contributed by atoms with E-state index in [1.165, 1.54) is 6.42 Å².